The van der Waals surface area contributed by atoms with Crippen LogP contribution >= 0.6 is 0 Å². The summed E-state index contributed by atoms with van der Waals surface area (Å²) in [5.41, 5.74) is 2.77. The van der Waals surface area contributed by atoms with Crippen molar-refractivity contribution < 1.29 is 5.11 Å². The lowest BCUT2D eigenvalue weighted by Crippen LogP contribution is -1.90. The third kappa shape index (κ3) is 2.24. The van der Waals surface area contributed by atoms with Gasteiger partial charge in [-0.2, -0.15) is 0 Å². The molecule has 0 aromatic heterocycles. The van der Waals surface area contributed by atoms with Gasteiger partial charge in [0.05, 0.1) is 0 Å². The highest BCUT2D eigenvalue weighted by Crippen LogP contribution is 2.19. The predicted molar refractivity (Wildman–Crippen MR) is 51.4 cm³/mol. The zero-order valence-corrected chi connectivity index (χ0v) is 7.38. The molecular formula is C10H15NO. The summed E-state index contributed by atoms with van der Waals surface area (Å²) in [6.45, 7) is 3.04. The topological polar surface area (TPSA) is 32.3 Å². The Morgan fingerprint density at radius 2 is 2.08 bits per heavy atom. The summed E-state index contributed by atoms with van der Waals surface area (Å²) in [6, 6.07) is 8.46. The molecule has 1 aromatic rings. The first kappa shape index (κ1) is 9.07. The van der Waals surface area contributed by atoms with Crippen molar-refractivity contribution in [1.29, 1.82) is 0 Å². The van der Waals surface area contributed by atoms with E-state index in [1.807, 2.05) is 0 Å². The molecule has 1 heterocycles. The van der Waals surface area contributed by atoms with E-state index in [1.54, 1.807) is 6.92 Å². The minimum Gasteiger partial charge on any atom is -0.397 e. The Hall–Kier alpha value is -1.02. The van der Waals surface area contributed by atoms with Crippen LogP contribution in [0.2, 0.25) is 0 Å². The summed E-state index contributed by atoms with van der Waals surface area (Å²) < 4.78 is 0. The molecule has 2 N–H and O–H groups in total. The van der Waals surface area contributed by atoms with E-state index < -0.39 is 0 Å². The highest BCUT2D eigenvalue weighted by molar-refractivity contribution is 5.54. The Morgan fingerprint density at radius 1 is 1.42 bits per heavy atom. The number of rotatable bonds is 0. The van der Waals surface area contributed by atoms with Gasteiger partial charge in [0.1, 0.15) is 0 Å². The Balaban J connectivity index is 0.000000213. The third-order valence-corrected chi connectivity index (χ3v) is 1.73. The zero-order valence-electron chi connectivity index (χ0n) is 7.38. The van der Waals surface area contributed by atoms with Gasteiger partial charge in [-0.05, 0) is 25.0 Å². The van der Waals surface area contributed by atoms with E-state index in [0.717, 1.165) is 6.54 Å². The summed E-state index contributed by atoms with van der Waals surface area (Å²) >= 11 is 0. The summed E-state index contributed by atoms with van der Waals surface area (Å²) in [5, 5.41) is 10.9. The summed E-state index contributed by atoms with van der Waals surface area (Å²) in [4.78, 5) is 0. The van der Waals surface area contributed by atoms with Gasteiger partial charge in [-0.3, -0.25) is 0 Å². The second-order valence-corrected chi connectivity index (χ2v) is 2.65. The van der Waals surface area contributed by atoms with E-state index in [0.29, 0.717) is 0 Å². The van der Waals surface area contributed by atoms with E-state index >= 15 is 0 Å². The largest absolute Gasteiger partial charge is 0.397 e. The van der Waals surface area contributed by atoms with E-state index in [1.165, 1.54) is 17.7 Å². The normalized spacial score (nSPS) is 12.5. The van der Waals surface area contributed by atoms with Crippen molar-refractivity contribution in [2.24, 2.45) is 0 Å². The van der Waals surface area contributed by atoms with Crippen LogP contribution in [-0.2, 0) is 6.42 Å². The van der Waals surface area contributed by atoms with Crippen LogP contribution in [0.4, 0.5) is 5.69 Å². The first-order chi connectivity index (χ1) is 5.88. The van der Waals surface area contributed by atoms with Crippen LogP contribution in [0.3, 0.4) is 0 Å². The van der Waals surface area contributed by atoms with E-state index in [2.05, 4.69) is 29.6 Å². The third-order valence-electron chi connectivity index (χ3n) is 1.73. The van der Waals surface area contributed by atoms with Gasteiger partial charge >= 0.3 is 0 Å². The Morgan fingerprint density at radius 3 is 2.75 bits per heavy atom. The molecule has 0 amide bonds. The molecule has 1 aromatic carbocycles. The number of nitrogens with one attached hydrogen (secondary N) is 1. The van der Waals surface area contributed by atoms with Gasteiger partial charge < -0.3 is 10.4 Å². The molecule has 0 radical (unpaired) electrons. The number of benzene rings is 1. The number of aliphatic hydroxyl groups is 1. The van der Waals surface area contributed by atoms with Crippen molar-refractivity contribution in [3.8, 4) is 0 Å². The molecule has 0 fully saturated rings. The molecule has 1 aliphatic rings. The maximum absolute atomic E-state index is 7.57. The highest BCUT2D eigenvalue weighted by atomic mass is 16.2. The second-order valence-electron chi connectivity index (χ2n) is 2.65. The lowest BCUT2D eigenvalue weighted by molar-refractivity contribution is 0.318. The number of hydrogen-bond acceptors (Lipinski definition) is 2. The van der Waals surface area contributed by atoms with Gasteiger partial charge in [0.25, 0.3) is 0 Å². The maximum atomic E-state index is 7.57. The Kier molecular flexibility index (Phi) is 3.61. The maximum Gasteiger partial charge on any atom is 0.0402 e. The van der Waals surface area contributed by atoms with Crippen LogP contribution in [0.5, 0.6) is 0 Å². The molecule has 2 rings (SSSR count). The molecule has 12 heavy (non-hydrogen) atoms. The molecule has 66 valence electrons. The molecule has 0 unspecified atom stereocenters. The molecule has 0 aliphatic carbocycles. The van der Waals surface area contributed by atoms with Crippen molar-refractivity contribution in [1.82, 2.24) is 0 Å². The smallest absolute Gasteiger partial charge is 0.0402 e. The van der Waals surface area contributed by atoms with Crippen LogP contribution in [0.15, 0.2) is 24.3 Å². The molecule has 2 heteroatoms. The molecular weight excluding hydrogens is 150 g/mol. The molecule has 0 saturated heterocycles. The number of hydrogen-bond donors (Lipinski definition) is 2. The van der Waals surface area contributed by atoms with Crippen LogP contribution in [0, 0.1) is 0 Å². The quantitative estimate of drug-likeness (QED) is 0.612. The lowest BCUT2D eigenvalue weighted by atomic mass is 10.2. The first-order valence-corrected chi connectivity index (χ1v) is 4.31. The SMILES string of the molecule is CCO.c1ccc2c(c1)CCN2. The van der Waals surface area contributed by atoms with E-state index in [-0.39, 0.29) is 6.61 Å². The fourth-order valence-corrected chi connectivity index (χ4v) is 1.24. The van der Waals surface area contributed by atoms with Crippen LogP contribution in [0.1, 0.15) is 12.5 Å². The minimum atomic E-state index is 0.250. The number of anilines is 1. The fourth-order valence-electron chi connectivity index (χ4n) is 1.24. The van der Waals surface area contributed by atoms with Crippen molar-refractivity contribution in [2.75, 3.05) is 18.5 Å². The molecule has 0 bridgehead atoms. The average molecular weight is 165 g/mol. The van der Waals surface area contributed by atoms with Gasteiger partial charge in [0.2, 0.25) is 0 Å². The zero-order chi connectivity index (χ0) is 8.81. The number of aliphatic hydroxyl groups excluding tert-OH is 1. The highest BCUT2D eigenvalue weighted by Gasteiger charge is 2.05. The van der Waals surface area contributed by atoms with Crippen LogP contribution in [0.25, 0.3) is 0 Å². The van der Waals surface area contributed by atoms with Gasteiger partial charge in [0, 0.05) is 18.8 Å². The molecule has 0 spiro atoms. The van der Waals surface area contributed by atoms with Crippen molar-refractivity contribution in [3.05, 3.63) is 29.8 Å². The minimum absolute atomic E-state index is 0.250. The van der Waals surface area contributed by atoms with Crippen molar-refractivity contribution in [3.63, 3.8) is 0 Å². The van der Waals surface area contributed by atoms with E-state index in [4.69, 9.17) is 5.11 Å². The molecule has 2 nitrogen and oxygen atoms in total. The van der Waals surface area contributed by atoms with Crippen LogP contribution < -0.4 is 5.32 Å². The van der Waals surface area contributed by atoms with Crippen molar-refractivity contribution >= 4 is 5.69 Å². The van der Waals surface area contributed by atoms with E-state index in [9.17, 15) is 0 Å². The summed E-state index contributed by atoms with van der Waals surface area (Å²) in [7, 11) is 0. The molecule has 1 aliphatic heterocycles. The Labute approximate surface area is 73.2 Å². The fraction of sp³-hybridized carbons (Fsp3) is 0.400. The average Bonchev–Trinajstić information content (AvgIpc) is 2.52. The number of para-hydroxylation sites is 1. The second kappa shape index (κ2) is 4.78. The molecule has 0 atom stereocenters. The predicted octanol–water partition coefficient (Wildman–Crippen LogP) is 1.65. The number of fused-ring (bicyclic) bond motifs is 1. The monoisotopic (exact) mass is 165 g/mol. The van der Waals surface area contributed by atoms with Gasteiger partial charge in [-0.15, -0.1) is 0 Å². The lowest BCUT2D eigenvalue weighted by Gasteiger charge is -1.94. The van der Waals surface area contributed by atoms with Crippen molar-refractivity contribution in [2.45, 2.75) is 13.3 Å². The van der Waals surface area contributed by atoms with Gasteiger partial charge in [-0.25, -0.2) is 0 Å². The summed E-state index contributed by atoms with van der Waals surface area (Å²) in [5.74, 6) is 0. The first-order valence-electron chi connectivity index (χ1n) is 4.31. The van der Waals surface area contributed by atoms with Gasteiger partial charge in [0.15, 0.2) is 0 Å². The standard InChI is InChI=1S/C8H9N.C2H6O/c1-2-4-8-7(3-1)5-6-9-8;1-2-3/h1-4,9H,5-6H2;3H,2H2,1H3. The summed E-state index contributed by atoms with van der Waals surface area (Å²) in [6.07, 6.45) is 1.19. The van der Waals surface area contributed by atoms with Gasteiger partial charge in [-0.1, -0.05) is 18.2 Å². The molecule has 0 saturated carbocycles. The van der Waals surface area contributed by atoms with Crippen LogP contribution in [-0.4, -0.2) is 18.3 Å². The Bertz CT molecular complexity index is 212.